The Morgan fingerprint density at radius 3 is 3.10 bits per heavy atom. The van der Waals surface area contributed by atoms with Crippen molar-refractivity contribution < 1.29 is 9.53 Å². The molecule has 1 saturated heterocycles. The van der Waals surface area contributed by atoms with Gasteiger partial charge in [0.15, 0.2) is 0 Å². The summed E-state index contributed by atoms with van der Waals surface area (Å²) in [5, 5.41) is 12.8. The van der Waals surface area contributed by atoms with Crippen LogP contribution in [0, 0.1) is 11.3 Å². The fourth-order valence-electron chi connectivity index (χ4n) is 2.28. The maximum absolute atomic E-state index is 12.1. The molecule has 0 aliphatic carbocycles. The number of nitrogens with two attached hydrogens (primary N) is 1. The van der Waals surface area contributed by atoms with Gasteiger partial charge in [0.1, 0.15) is 21.5 Å². The Labute approximate surface area is 127 Å². The average Bonchev–Trinajstić information content (AvgIpc) is 3.08. The molecule has 1 aliphatic heterocycles. The zero-order chi connectivity index (χ0) is 15.4. The smallest absolute Gasteiger partial charge is 0.263 e. The minimum atomic E-state index is -0.275. The van der Waals surface area contributed by atoms with Crippen LogP contribution in [0.1, 0.15) is 21.7 Å². The summed E-state index contributed by atoms with van der Waals surface area (Å²) < 4.78 is 5.33. The molecule has 3 N–H and O–H groups in total. The number of thiophene rings is 1. The van der Waals surface area contributed by atoms with Crippen LogP contribution in [-0.4, -0.2) is 38.8 Å². The Morgan fingerprint density at radius 1 is 1.76 bits per heavy atom. The van der Waals surface area contributed by atoms with E-state index < -0.39 is 0 Å². The van der Waals surface area contributed by atoms with Crippen molar-refractivity contribution in [1.82, 2.24) is 5.32 Å². The predicted molar refractivity (Wildman–Crippen MR) is 83.6 cm³/mol. The van der Waals surface area contributed by atoms with E-state index in [0.29, 0.717) is 23.5 Å². The number of methoxy groups -OCH3 is 1. The van der Waals surface area contributed by atoms with Crippen molar-refractivity contribution in [3.05, 3.63) is 23.1 Å². The summed E-state index contributed by atoms with van der Waals surface area (Å²) >= 11 is 1.26. The molecule has 1 aromatic heterocycles. The summed E-state index contributed by atoms with van der Waals surface area (Å²) in [6.07, 6.45) is 2.65. The molecule has 7 heteroatoms. The molecule has 0 radical (unpaired) electrons. The van der Waals surface area contributed by atoms with Gasteiger partial charge >= 0.3 is 0 Å². The van der Waals surface area contributed by atoms with Gasteiger partial charge < -0.3 is 20.7 Å². The van der Waals surface area contributed by atoms with Crippen molar-refractivity contribution >= 4 is 27.9 Å². The maximum Gasteiger partial charge on any atom is 0.263 e. The van der Waals surface area contributed by atoms with Gasteiger partial charge in [-0.2, -0.15) is 5.26 Å². The molecule has 1 aliphatic rings. The number of nitrogens with one attached hydrogen (secondary N) is 1. The molecule has 1 unspecified atom stereocenters. The van der Waals surface area contributed by atoms with E-state index in [4.69, 9.17) is 10.5 Å². The van der Waals surface area contributed by atoms with Crippen LogP contribution in [-0.2, 0) is 4.74 Å². The third-order valence-electron chi connectivity index (χ3n) is 3.42. The quantitative estimate of drug-likeness (QED) is 0.801. The molecule has 1 fully saturated rings. The molecule has 0 saturated carbocycles. The van der Waals surface area contributed by atoms with E-state index >= 15 is 0 Å². The Morgan fingerprint density at radius 2 is 2.52 bits per heavy atom. The lowest BCUT2D eigenvalue weighted by molar-refractivity contribution is 0.0963. The molecule has 6 nitrogen and oxygen atoms in total. The summed E-state index contributed by atoms with van der Waals surface area (Å²) in [5.74, 6) is -0.275. The van der Waals surface area contributed by atoms with Crippen LogP contribution >= 0.6 is 11.3 Å². The third kappa shape index (κ3) is 3.01. The predicted octanol–water partition coefficient (Wildman–Crippen LogP) is 1.34. The highest BCUT2D eigenvalue weighted by atomic mass is 32.1. The maximum atomic E-state index is 12.1. The molecule has 21 heavy (non-hydrogen) atoms. The summed E-state index contributed by atoms with van der Waals surface area (Å²) in [5.41, 5.74) is 6.59. The molecular weight excluding hydrogens is 288 g/mol. The molecule has 1 atom stereocenters. The summed E-state index contributed by atoms with van der Waals surface area (Å²) in [6, 6.07) is 2.11. The lowest BCUT2D eigenvalue weighted by atomic mass is 10.2. The zero-order valence-electron chi connectivity index (χ0n) is 11.9. The van der Waals surface area contributed by atoms with Gasteiger partial charge in [-0.1, -0.05) is 6.08 Å². The monoisotopic (exact) mass is 306 g/mol. The van der Waals surface area contributed by atoms with Gasteiger partial charge in [0, 0.05) is 26.7 Å². The van der Waals surface area contributed by atoms with Crippen LogP contribution in [0.4, 0.5) is 10.7 Å². The number of nitrogens with zero attached hydrogens (tertiary/aromatic N) is 2. The topological polar surface area (TPSA) is 91.4 Å². The Kier molecular flexibility index (Phi) is 4.83. The number of carbonyl (C=O) groups excluding carboxylic acids is 1. The highest BCUT2D eigenvalue weighted by molar-refractivity contribution is 7.19. The van der Waals surface area contributed by atoms with Crippen LogP contribution < -0.4 is 16.0 Å². The lowest BCUT2D eigenvalue weighted by Gasteiger charge is -2.16. The van der Waals surface area contributed by atoms with Crippen molar-refractivity contribution in [3.63, 3.8) is 0 Å². The van der Waals surface area contributed by atoms with Crippen molar-refractivity contribution in [2.45, 2.75) is 12.5 Å². The second-order valence-corrected chi connectivity index (χ2v) is 5.73. The van der Waals surface area contributed by atoms with Crippen molar-refractivity contribution in [2.24, 2.45) is 0 Å². The fourth-order valence-corrected chi connectivity index (χ4v) is 3.40. The second kappa shape index (κ2) is 6.61. The van der Waals surface area contributed by atoms with Gasteiger partial charge in [0.25, 0.3) is 5.91 Å². The van der Waals surface area contributed by atoms with Gasteiger partial charge in [0.2, 0.25) is 0 Å². The third-order valence-corrected chi connectivity index (χ3v) is 4.68. The zero-order valence-corrected chi connectivity index (χ0v) is 12.7. The molecular formula is C14H18N4O2S. The number of anilines is 2. The Bertz CT molecular complexity index is 591. The molecule has 0 aromatic carbocycles. The van der Waals surface area contributed by atoms with Crippen LogP contribution in [0.5, 0.6) is 0 Å². The highest BCUT2D eigenvalue weighted by Crippen LogP contribution is 2.39. The molecule has 1 amide bonds. The summed E-state index contributed by atoms with van der Waals surface area (Å²) in [7, 11) is 1.68. The van der Waals surface area contributed by atoms with Crippen molar-refractivity contribution in [3.8, 4) is 6.07 Å². The number of amides is 1. The Balaban J connectivity index is 2.28. The normalized spacial score (nSPS) is 17.5. The first-order valence-electron chi connectivity index (χ1n) is 6.61. The van der Waals surface area contributed by atoms with Crippen LogP contribution in [0.25, 0.3) is 0 Å². The SMILES string of the molecule is C=CCNC(=O)c1sc(N2CCC(OC)C2)c(C#N)c1N. The first-order chi connectivity index (χ1) is 10.1. The number of rotatable bonds is 5. The summed E-state index contributed by atoms with van der Waals surface area (Å²) in [6.45, 7) is 5.42. The Hall–Kier alpha value is -2.04. The largest absolute Gasteiger partial charge is 0.396 e. The van der Waals surface area contributed by atoms with Gasteiger partial charge in [-0.25, -0.2) is 0 Å². The van der Waals surface area contributed by atoms with Crippen LogP contribution in [0.2, 0.25) is 0 Å². The highest BCUT2D eigenvalue weighted by Gasteiger charge is 2.29. The van der Waals surface area contributed by atoms with Gasteiger partial charge in [0.05, 0.1) is 11.8 Å². The first-order valence-corrected chi connectivity index (χ1v) is 7.43. The van der Waals surface area contributed by atoms with Crippen molar-refractivity contribution in [2.75, 3.05) is 37.4 Å². The summed E-state index contributed by atoms with van der Waals surface area (Å²) in [4.78, 5) is 14.5. The molecule has 0 spiro atoms. The fraction of sp³-hybridized carbons (Fsp3) is 0.429. The number of ether oxygens (including phenoxy) is 1. The second-order valence-electron chi connectivity index (χ2n) is 4.73. The van der Waals surface area contributed by atoms with E-state index in [0.717, 1.165) is 18.0 Å². The molecule has 2 rings (SSSR count). The van der Waals surface area contributed by atoms with E-state index in [-0.39, 0.29) is 17.7 Å². The molecule has 0 bridgehead atoms. The molecule has 2 heterocycles. The standard InChI is InChI=1S/C14H18N4O2S/c1-3-5-17-13(19)12-11(16)10(7-15)14(21-12)18-6-4-9(8-18)20-2/h3,9H,1,4-6,8,16H2,2H3,(H,17,19). The molecule has 112 valence electrons. The van der Waals surface area contributed by atoms with Crippen LogP contribution in [0.3, 0.4) is 0 Å². The number of nitriles is 1. The van der Waals surface area contributed by atoms with Crippen molar-refractivity contribution in [1.29, 1.82) is 5.26 Å². The van der Waals surface area contributed by atoms with E-state index in [2.05, 4.69) is 22.9 Å². The average molecular weight is 306 g/mol. The van der Waals surface area contributed by atoms with Crippen LogP contribution in [0.15, 0.2) is 12.7 Å². The minimum Gasteiger partial charge on any atom is -0.396 e. The van der Waals surface area contributed by atoms with Gasteiger partial charge in [-0.05, 0) is 6.42 Å². The lowest BCUT2D eigenvalue weighted by Crippen LogP contribution is -2.23. The minimum absolute atomic E-state index is 0.151. The van der Waals surface area contributed by atoms with E-state index in [1.165, 1.54) is 11.3 Å². The van der Waals surface area contributed by atoms with E-state index in [1.54, 1.807) is 13.2 Å². The van der Waals surface area contributed by atoms with Gasteiger partial charge in [-0.3, -0.25) is 4.79 Å². The van der Waals surface area contributed by atoms with Gasteiger partial charge in [-0.15, -0.1) is 17.9 Å². The van der Waals surface area contributed by atoms with E-state index in [1.807, 2.05) is 0 Å². The molecule has 1 aromatic rings. The number of nitrogen functional groups attached to an aromatic ring is 1. The number of hydrogen-bond acceptors (Lipinski definition) is 6. The number of hydrogen-bond donors (Lipinski definition) is 2. The first kappa shape index (κ1) is 15.4. The number of carbonyl (C=O) groups is 1. The van der Waals surface area contributed by atoms with E-state index in [9.17, 15) is 10.1 Å².